The van der Waals surface area contributed by atoms with Crippen molar-refractivity contribution in [3.05, 3.63) is 53.6 Å². The second kappa shape index (κ2) is 6.77. The summed E-state index contributed by atoms with van der Waals surface area (Å²) in [6, 6.07) is 8.91. The van der Waals surface area contributed by atoms with E-state index in [9.17, 15) is 21.6 Å². The quantitative estimate of drug-likeness (QED) is 0.809. The van der Waals surface area contributed by atoms with E-state index in [2.05, 4.69) is 17.3 Å². The lowest BCUT2D eigenvalue weighted by molar-refractivity contribution is -0.137. The van der Waals surface area contributed by atoms with Crippen LogP contribution in [0.2, 0.25) is 0 Å². The van der Waals surface area contributed by atoms with E-state index in [4.69, 9.17) is 0 Å². The first-order valence-corrected chi connectivity index (χ1v) is 10.7. The standard InChI is InChI=1S/C20H21F3N2O2S/c1-25-10-8-16-17-12-15(6-7-18(17)24-19(16)9-11-25)28(26,27)14-4-2-13(3-5-14)20(21,22)23/h2-7,12,16,19,24H,8-11H2,1H3/t16-,19?/m1/s1. The highest BCUT2D eigenvalue weighted by Crippen LogP contribution is 2.42. The molecule has 0 bridgehead atoms. The van der Waals surface area contributed by atoms with Crippen LogP contribution in [0.4, 0.5) is 18.9 Å². The number of anilines is 1. The smallest absolute Gasteiger partial charge is 0.381 e. The Kier molecular flexibility index (Phi) is 4.66. The van der Waals surface area contributed by atoms with Gasteiger partial charge in [0.05, 0.1) is 15.4 Å². The van der Waals surface area contributed by atoms with Crippen molar-refractivity contribution in [3.63, 3.8) is 0 Å². The number of hydrogen-bond acceptors (Lipinski definition) is 4. The van der Waals surface area contributed by atoms with Crippen molar-refractivity contribution in [1.29, 1.82) is 0 Å². The average Bonchev–Trinajstić information content (AvgIpc) is 2.90. The Bertz CT molecular complexity index is 988. The summed E-state index contributed by atoms with van der Waals surface area (Å²) < 4.78 is 64.2. The molecule has 2 aliphatic heterocycles. The van der Waals surface area contributed by atoms with E-state index in [1.165, 1.54) is 6.07 Å². The van der Waals surface area contributed by atoms with Gasteiger partial charge in [0.15, 0.2) is 0 Å². The molecule has 1 fully saturated rings. The summed E-state index contributed by atoms with van der Waals surface area (Å²) in [4.78, 5) is 2.25. The number of benzene rings is 2. The van der Waals surface area contributed by atoms with Crippen LogP contribution in [0.1, 0.15) is 29.9 Å². The van der Waals surface area contributed by atoms with Gasteiger partial charge < -0.3 is 10.2 Å². The zero-order valence-corrected chi connectivity index (χ0v) is 16.1. The van der Waals surface area contributed by atoms with Crippen molar-refractivity contribution in [2.45, 2.75) is 40.8 Å². The SMILES string of the molecule is CN1CCC2Nc3ccc(S(=O)(=O)c4ccc(C(F)(F)F)cc4)cc3[C@H]2CC1. The molecule has 1 unspecified atom stereocenters. The Hall–Kier alpha value is -2.06. The van der Waals surface area contributed by atoms with Gasteiger partial charge >= 0.3 is 6.18 Å². The molecule has 2 heterocycles. The highest BCUT2D eigenvalue weighted by atomic mass is 32.2. The molecule has 1 N–H and O–H groups in total. The fraction of sp³-hybridized carbons (Fsp3) is 0.400. The highest BCUT2D eigenvalue weighted by molar-refractivity contribution is 7.91. The maximum atomic E-state index is 13.0. The molecule has 28 heavy (non-hydrogen) atoms. The van der Waals surface area contributed by atoms with E-state index in [0.717, 1.165) is 61.4 Å². The van der Waals surface area contributed by atoms with Gasteiger partial charge in [-0.3, -0.25) is 0 Å². The lowest BCUT2D eigenvalue weighted by atomic mass is 9.91. The second-order valence-corrected chi connectivity index (χ2v) is 9.46. The van der Waals surface area contributed by atoms with Crippen molar-refractivity contribution in [2.75, 3.05) is 25.5 Å². The van der Waals surface area contributed by atoms with E-state index in [1.807, 2.05) is 0 Å². The van der Waals surface area contributed by atoms with Crippen molar-refractivity contribution < 1.29 is 21.6 Å². The van der Waals surface area contributed by atoms with Gasteiger partial charge in [-0.2, -0.15) is 13.2 Å². The number of rotatable bonds is 2. The number of sulfone groups is 1. The molecular formula is C20H21F3N2O2S. The van der Waals surface area contributed by atoms with Gasteiger partial charge in [0.2, 0.25) is 9.84 Å². The third-order valence-electron chi connectivity index (χ3n) is 5.69. The molecule has 4 rings (SSSR count). The maximum Gasteiger partial charge on any atom is 0.416 e. The van der Waals surface area contributed by atoms with Crippen LogP contribution in [0.3, 0.4) is 0 Å². The van der Waals surface area contributed by atoms with Crippen molar-refractivity contribution in [2.24, 2.45) is 0 Å². The van der Waals surface area contributed by atoms with E-state index < -0.39 is 21.6 Å². The van der Waals surface area contributed by atoms with Crippen LogP contribution in [0, 0.1) is 0 Å². The Balaban J connectivity index is 1.67. The average molecular weight is 410 g/mol. The molecule has 1 saturated heterocycles. The van der Waals surface area contributed by atoms with Gasteiger partial charge in [-0.25, -0.2) is 8.42 Å². The highest BCUT2D eigenvalue weighted by Gasteiger charge is 2.35. The molecule has 2 aromatic rings. The number of hydrogen-bond donors (Lipinski definition) is 1. The van der Waals surface area contributed by atoms with Crippen LogP contribution in [-0.4, -0.2) is 39.5 Å². The van der Waals surface area contributed by atoms with Gasteiger partial charge in [0, 0.05) is 17.6 Å². The fourth-order valence-corrected chi connectivity index (χ4v) is 5.38. The van der Waals surface area contributed by atoms with Gasteiger partial charge in [0.25, 0.3) is 0 Å². The molecular weight excluding hydrogens is 389 g/mol. The number of likely N-dealkylation sites (tertiary alicyclic amines) is 1. The lowest BCUT2D eigenvalue weighted by Crippen LogP contribution is -2.22. The molecule has 0 aromatic heterocycles. The topological polar surface area (TPSA) is 49.4 Å². The van der Waals surface area contributed by atoms with E-state index in [0.29, 0.717) is 0 Å². The third-order valence-corrected chi connectivity index (χ3v) is 7.46. The Morgan fingerprint density at radius 1 is 1.00 bits per heavy atom. The number of alkyl halides is 3. The van der Waals surface area contributed by atoms with E-state index in [1.54, 1.807) is 12.1 Å². The van der Waals surface area contributed by atoms with Crippen LogP contribution in [0.5, 0.6) is 0 Å². The molecule has 0 aliphatic carbocycles. The monoisotopic (exact) mass is 410 g/mol. The number of fused-ring (bicyclic) bond motifs is 3. The summed E-state index contributed by atoms with van der Waals surface area (Å²) in [5, 5.41) is 3.49. The van der Waals surface area contributed by atoms with Crippen LogP contribution < -0.4 is 5.32 Å². The Labute approximate surface area is 162 Å². The van der Waals surface area contributed by atoms with Gasteiger partial charge in [-0.1, -0.05) is 0 Å². The van der Waals surface area contributed by atoms with Crippen LogP contribution in [-0.2, 0) is 16.0 Å². The first-order valence-electron chi connectivity index (χ1n) is 9.17. The van der Waals surface area contributed by atoms with Gasteiger partial charge in [-0.05, 0) is 81.0 Å². The number of halogens is 3. The van der Waals surface area contributed by atoms with Crippen molar-refractivity contribution >= 4 is 15.5 Å². The molecule has 4 nitrogen and oxygen atoms in total. The largest absolute Gasteiger partial charge is 0.416 e. The van der Waals surface area contributed by atoms with Gasteiger partial charge in [-0.15, -0.1) is 0 Å². The van der Waals surface area contributed by atoms with Crippen molar-refractivity contribution in [3.8, 4) is 0 Å². The predicted octanol–water partition coefficient (Wildman–Crippen LogP) is 4.14. The van der Waals surface area contributed by atoms with Crippen LogP contribution in [0.15, 0.2) is 52.3 Å². The third kappa shape index (κ3) is 3.39. The zero-order valence-electron chi connectivity index (χ0n) is 15.3. The summed E-state index contributed by atoms with van der Waals surface area (Å²) in [5.41, 5.74) is 1.06. The maximum absolute atomic E-state index is 13.0. The minimum absolute atomic E-state index is 0.117. The normalized spacial score (nSPS) is 22.9. The number of nitrogens with one attached hydrogen (secondary N) is 1. The molecule has 0 spiro atoms. The van der Waals surface area contributed by atoms with Gasteiger partial charge in [0.1, 0.15) is 0 Å². The van der Waals surface area contributed by atoms with Crippen molar-refractivity contribution in [1.82, 2.24) is 4.90 Å². The Morgan fingerprint density at radius 3 is 2.32 bits per heavy atom. The lowest BCUT2D eigenvalue weighted by Gasteiger charge is -2.16. The fourth-order valence-electron chi connectivity index (χ4n) is 4.08. The molecule has 0 amide bonds. The molecule has 0 saturated carbocycles. The van der Waals surface area contributed by atoms with E-state index in [-0.39, 0.29) is 21.8 Å². The van der Waals surface area contributed by atoms with Crippen LogP contribution >= 0.6 is 0 Å². The predicted molar refractivity (Wildman–Crippen MR) is 100 cm³/mol. The first kappa shape index (κ1) is 19.3. The van der Waals surface area contributed by atoms with Crippen LogP contribution in [0.25, 0.3) is 0 Å². The first-order chi connectivity index (χ1) is 13.2. The molecule has 2 aliphatic rings. The molecule has 2 atom stereocenters. The zero-order chi connectivity index (χ0) is 20.1. The minimum Gasteiger partial charge on any atom is -0.381 e. The Morgan fingerprint density at radius 2 is 1.64 bits per heavy atom. The summed E-state index contributed by atoms with van der Waals surface area (Å²) >= 11 is 0. The molecule has 8 heteroatoms. The molecule has 150 valence electrons. The van der Waals surface area contributed by atoms with E-state index >= 15 is 0 Å². The summed E-state index contributed by atoms with van der Waals surface area (Å²) in [5.74, 6) is 0.239. The molecule has 0 radical (unpaired) electrons. The second-order valence-electron chi connectivity index (χ2n) is 7.51. The summed E-state index contributed by atoms with van der Waals surface area (Å²) in [7, 11) is -1.81. The summed E-state index contributed by atoms with van der Waals surface area (Å²) in [6.45, 7) is 1.93. The molecule has 2 aromatic carbocycles. The minimum atomic E-state index is -4.50. The number of nitrogens with zero attached hydrogens (tertiary/aromatic N) is 1. The summed E-state index contributed by atoms with van der Waals surface area (Å²) in [6.07, 6.45) is -2.58.